The van der Waals surface area contributed by atoms with Gasteiger partial charge in [-0.25, -0.2) is 4.39 Å². The van der Waals surface area contributed by atoms with Crippen LogP contribution in [0.15, 0.2) is 54.9 Å². The molecule has 3 aromatic rings. The highest BCUT2D eigenvalue weighted by Crippen LogP contribution is 2.22. The van der Waals surface area contributed by atoms with Crippen molar-refractivity contribution in [2.45, 2.75) is 0 Å². The maximum absolute atomic E-state index is 13.5. The van der Waals surface area contributed by atoms with Crippen molar-refractivity contribution in [3.63, 3.8) is 0 Å². The molecule has 4 heteroatoms. The van der Waals surface area contributed by atoms with E-state index < -0.39 is 5.82 Å². The molecule has 0 fully saturated rings. The van der Waals surface area contributed by atoms with E-state index in [0.717, 1.165) is 16.8 Å². The molecular weight excluding hydrogens is 277 g/mol. The highest BCUT2D eigenvalue weighted by Gasteiger charge is 2.14. The van der Waals surface area contributed by atoms with Crippen molar-refractivity contribution in [2.24, 2.45) is 0 Å². The standard InChI is InChI=1S/C16H9ClFNO/c17-14-5-4-11(8-15(14)18)16(20)12-3-1-2-10-6-7-19-9-13(10)12/h1-9H. The fourth-order valence-electron chi connectivity index (χ4n) is 2.10. The summed E-state index contributed by atoms with van der Waals surface area (Å²) in [5, 5.41) is 1.66. The maximum atomic E-state index is 13.5. The van der Waals surface area contributed by atoms with Crippen LogP contribution in [0.5, 0.6) is 0 Å². The highest BCUT2D eigenvalue weighted by molar-refractivity contribution is 6.31. The molecule has 0 spiro atoms. The summed E-state index contributed by atoms with van der Waals surface area (Å²) in [5.74, 6) is -0.852. The second kappa shape index (κ2) is 5.02. The van der Waals surface area contributed by atoms with Crippen LogP contribution in [0.3, 0.4) is 0 Å². The Morgan fingerprint density at radius 1 is 1.15 bits per heavy atom. The number of aromatic nitrogens is 1. The molecule has 0 amide bonds. The third-order valence-electron chi connectivity index (χ3n) is 3.11. The maximum Gasteiger partial charge on any atom is 0.193 e. The molecule has 0 bridgehead atoms. The summed E-state index contributed by atoms with van der Waals surface area (Å²) in [6, 6.07) is 11.3. The normalized spacial score (nSPS) is 10.7. The summed E-state index contributed by atoms with van der Waals surface area (Å²) >= 11 is 5.63. The van der Waals surface area contributed by atoms with Crippen molar-refractivity contribution in [1.82, 2.24) is 4.98 Å². The number of pyridine rings is 1. The zero-order chi connectivity index (χ0) is 14.1. The molecule has 3 rings (SSSR count). The van der Waals surface area contributed by atoms with Crippen LogP contribution in [0.4, 0.5) is 4.39 Å². The van der Waals surface area contributed by atoms with E-state index in [2.05, 4.69) is 4.98 Å². The van der Waals surface area contributed by atoms with Gasteiger partial charge in [0.05, 0.1) is 5.02 Å². The zero-order valence-electron chi connectivity index (χ0n) is 10.3. The average molecular weight is 286 g/mol. The fourth-order valence-corrected chi connectivity index (χ4v) is 2.22. The molecule has 98 valence electrons. The number of rotatable bonds is 2. The minimum absolute atomic E-state index is 0.00105. The first-order valence-electron chi connectivity index (χ1n) is 5.99. The minimum Gasteiger partial charge on any atom is -0.289 e. The SMILES string of the molecule is O=C(c1ccc(Cl)c(F)c1)c1cccc2ccncc12. The van der Waals surface area contributed by atoms with E-state index in [-0.39, 0.29) is 16.4 Å². The van der Waals surface area contributed by atoms with E-state index in [9.17, 15) is 9.18 Å². The number of fused-ring (bicyclic) bond motifs is 1. The van der Waals surface area contributed by atoms with Crippen LogP contribution in [0.2, 0.25) is 5.02 Å². The number of ketones is 1. The number of benzene rings is 2. The van der Waals surface area contributed by atoms with Gasteiger partial charge >= 0.3 is 0 Å². The molecular formula is C16H9ClFNO. The van der Waals surface area contributed by atoms with E-state index >= 15 is 0 Å². The number of nitrogens with zero attached hydrogens (tertiary/aromatic N) is 1. The lowest BCUT2D eigenvalue weighted by Crippen LogP contribution is -2.03. The molecule has 0 aliphatic rings. The first kappa shape index (κ1) is 12.8. The van der Waals surface area contributed by atoms with Gasteiger partial charge in [0.1, 0.15) is 5.82 Å². The monoisotopic (exact) mass is 285 g/mol. The van der Waals surface area contributed by atoms with Crippen LogP contribution in [-0.4, -0.2) is 10.8 Å². The van der Waals surface area contributed by atoms with Crippen LogP contribution in [0.25, 0.3) is 10.8 Å². The van der Waals surface area contributed by atoms with E-state index in [1.165, 1.54) is 12.1 Å². The van der Waals surface area contributed by atoms with Gasteiger partial charge in [0.15, 0.2) is 5.78 Å². The summed E-state index contributed by atoms with van der Waals surface area (Å²) in [4.78, 5) is 16.5. The van der Waals surface area contributed by atoms with Crippen molar-refractivity contribution in [3.8, 4) is 0 Å². The minimum atomic E-state index is -0.601. The van der Waals surface area contributed by atoms with Gasteiger partial charge in [-0.15, -0.1) is 0 Å². The molecule has 1 heterocycles. The molecule has 20 heavy (non-hydrogen) atoms. The largest absolute Gasteiger partial charge is 0.289 e. The van der Waals surface area contributed by atoms with Crippen LogP contribution in [-0.2, 0) is 0 Å². The second-order valence-electron chi connectivity index (χ2n) is 4.36. The van der Waals surface area contributed by atoms with Gasteiger partial charge in [0.2, 0.25) is 0 Å². The average Bonchev–Trinajstić information content (AvgIpc) is 2.49. The highest BCUT2D eigenvalue weighted by atomic mass is 35.5. The Morgan fingerprint density at radius 3 is 2.80 bits per heavy atom. The molecule has 1 aromatic heterocycles. The molecule has 2 nitrogen and oxygen atoms in total. The fraction of sp³-hybridized carbons (Fsp3) is 0. The lowest BCUT2D eigenvalue weighted by atomic mass is 9.98. The summed E-state index contributed by atoms with van der Waals surface area (Å²) in [5.41, 5.74) is 0.764. The van der Waals surface area contributed by atoms with Crippen molar-refractivity contribution in [3.05, 3.63) is 76.8 Å². The van der Waals surface area contributed by atoms with Crippen molar-refractivity contribution in [1.29, 1.82) is 0 Å². The van der Waals surface area contributed by atoms with Gasteiger partial charge in [0, 0.05) is 28.9 Å². The van der Waals surface area contributed by atoms with Crippen molar-refractivity contribution in [2.75, 3.05) is 0 Å². The van der Waals surface area contributed by atoms with Gasteiger partial charge in [-0.1, -0.05) is 29.8 Å². The van der Waals surface area contributed by atoms with Gasteiger partial charge in [-0.05, 0) is 29.7 Å². The predicted octanol–water partition coefficient (Wildman–Crippen LogP) is 4.26. The topological polar surface area (TPSA) is 30.0 Å². The third kappa shape index (κ3) is 2.17. The zero-order valence-corrected chi connectivity index (χ0v) is 11.1. The van der Waals surface area contributed by atoms with Gasteiger partial charge < -0.3 is 0 Å². The van der Waals surface area contributed by atoms with Gasteiger partial charge in [0.25, 0.3) is 0 Å². The Morgan fingerprint density at radius 2 is 2.00 bits per heavy atom. The van der Waals surface area contributed by atoms with E-state index in [0.29, 0.717) is 5.56 Å². The quantitative estimate of drug-likeness (QED) is 0.659. The Balaban J connectivity index is 2.15. The predicted molar refractivity (Wildman–Crippen MR) is 76.6 cm³/mol. The molecule has 0 aliphatic carbocycles. The molecule has 0 saturated carbocycles. The van der Waals surface area contributed by atoms with Crippen LogP contribution in [0.1, 0.15) is 15.9 Å². The number of carbonyl (C=O) groups is 1. The number of hydrogen-bond acceptors (Lipinski definition) is 2. The molecule has 0 unspecified atom stereocenters. The summed E-state index contributed by atoms with van der Waals surface area (Å²) in [6.07, 6.45) is 3.30. The Bertz CT molecular complexity index is 811. The van der Waals surface area contributed by atoms with Crippen LogP contribution < -0.4 is 0 Å². The molecule has 0 aliphatic heterocycles. The number of hydrogen-bond donors (Lipinski definition) is 0. The Hall–Kier alpha value is -2.26. The molecule has 0 atom stereocenters. The van der Waals surface area contributed by atoms with Crippen molar-refractivity contribution >= 4 is 28.2 Å². The Labute approximate surface area is 119 Å². The molecule has 0 N–H and O–H groups in total. The smallest absolute Gasteiger partial charge is 0.193 e. The lowest BCUT2D eigenvalue weighted by molar-refractivity contribution is 0.104. The van der Waals surface area contributed by atoms with E-state index in [1.807, 2.05) is 12.1 Å². The van der Waals surface area contributed by atoms with Crippen LogP contribution in [0, 0.1) is 5.82 Å². The summed E-state index contributed by atoms with van der Waals surface area (Å²) in [6.45, 7) is 0. The number of carbonyl (C=O) groups excluding carboxylic acids is 1. The summed E-state index contributed by atoms with van der Waals surface area (Å²) in [7, 11) is 0. The first-order valence-corrected chi connectivity index (χ1v) is 6.37. The molecule has 2 aromatic carbocycles. The van der Waals surface area contributed by atoms with E-state index in [4.69, 9.17) is 11.6 Å². The van der Waals surface area contributed by atoms with Crippen LogP contribution >= 0.6 is 11.6 Å². The third-order valence-corrected chi connectivity index (χ3v) is 3.42. The Kier molecular flexibility index (Phi) is 3.20. The molecule has 0 radical (unpaired) electrons. The number of halogens is 2. The van der Waals surface area contributed by atoms with Gasteiger partial charge in [-0.3, -0.25) is 9.78 Å². The van der Waals surface area contributed by atoms with Gasteiger partial charge in [-0.2, -0.15) is 0 Å². The summed E-state index contributed by atoms with van der Waals surface area (Å²) < 4.78 is 13.5. The first-order chi connectivity index (χ1) is 9.66. The molecule has 0 saturated heterocycles. The second-order valence-corrected chi connectivity index (χ2v) is 4.77. The van der Waals surface area contributed by atoms with E-state index in [1.54, 1.807) is 24.5 Å². The van der Waals surface area contributed by atoms with Crippen molar-refractivity contribution < 1.29 is 9.18 Å². The lowest BCUT2D eigenvalue weighted by Gasteiger charge is -2.06.